The van der Waals surface area contributed by atoms with Crippen molar-refractivity contribution in [3.63, 3.8) is 0 Å². The number of ketones is 1. The van der Waals surface area contributed by atoms with Crippen LogP contribution in [-0.2, 0) is 36.8 Å². The number of nitrogens with zero attached hydrogens (tertiary/aromatic N) is 1. The number of alkyl halides is 3. The Bertz CT molecular complexity index is 1580. The van der Waals surface area contributed by atoms with E-state index in [1.807, 2.05) is 58.9 Å². The van der Waals surface area contributed by atoms with Crippen molar-refractivity contribution >= 4 is 35.6 Å². The summed E-state index contributed by atoms with van der Waals surface area (Å²) in [4.78, 5) is 81.5. The average Bonchev–Trinajstić information content (AvgIpc) is 3.44. The number of hydrogen-bond acceptors (Lipinski definition) is 7. The summed E-state index contributed by atoms with van der Waals surface area (Å²) in [5.41, 5.74) is 1.04. The van der Waals surface area contributed by atoms with E-state index in [-0.39, 0.29) is 31.5 Å². The molecule has 1 aliphatic heterocycles. The minimum absolute atomic E-state index is 0.113. The highest BCUT2D eigenvalue weighted by atomic mass is 19.4. The van der Waals surface area contributed by atoms with Gasteiger partial charge in [-0.1, -0.05) is 65.0 Å². The van der Waals surface area contributed by atoms with E-state index in [4.69, 9.17) is 4.74 Å². The number of rotatable bonds is 15. The minimum atomic E-state index is -4.67. The summed E-state index contributed by atoms with van der Waals surface area (Å²) in [7, 11) is 0. The van der Waals surface area contributed by atoms with Crippen LogP contribution in [0.1, 0.15) is 65.5 Å². The number of carbonyl (C=O) groups is 6. The van der Waals surface area contributed by atoms with E-state index < -0.39 is 95.6 Å². The highest BCUT2D eigenvalue weighted by molar-refractivity contribution is 6.38. The topological polar surface area (TPSA) is 175 Å². The first-order chi connectivity index (χ1) is 25.2. The van der Waals surface area contributed by atoms with Crippen molar-refractivity contribution in [3.8, 4) is 0 Å². The second kappa shape index (κ2) is 16.8. The van der Waals surface area contributed by atoms with Crippen LogP contribution in [0.3, 0.4) is 0 Å². The molecule has 3 unspecified atom stereocenters. The van der Waals surface area contributed by atoms with E-state index in [9.17, 15) is 41.9 Å². The molecule has 2 fully saturated rings. The number of ether oxygens (including phenoxy) is 1. The molecular weight excluding hydrogens is 709 g/mol. The Morgan fingerprint density at radius 3 is 2.19 bits per heavy atom. The number of hydrogen-bond donors (Lipinski definition) is 5. The zero-order valence-corrected chi connectivity index (χ0v) is 31.7. The lowest BCUT2D eigenvalue weighted by Gasteiger charge is -2.36. The molecule has 1 aromatic carbocycles. The number of urea groups is 1. The Hall–Kier alpha value is -4.63. The van der Waals surface area contributed by atoms with Crippen LogP contribution in [0.15, 0.2) is 36.9 Å². The third-order valence-corrected chi connectivity index (χ3v) is 10.9. The number of piperidine rings is 1. The predicted molar refractivity (Wildman–Crippen MR) is 193 cm³/mol. The molecule has 1 aromatic rings. The van der Waals surface area contributed by atoms with Gasteiger partial charge in [-0.2, -0.15) is 13.2 Å². The van der Waals surface area contributed by atoms with Crippen molar-refractivity contribution in [2.24, 2.45) is 28.6 Å². The van der Waals surface area contributed by atoms with Crippen LogP contribution in [0.5, 0.6) is 0 Å². The highest BCUT2D eigenvalue weighted by Gasteiger charge is 2.70. The van der Waals surface area contributed by atoms with Crippen molar-refractivity contribution in [2.45, 2.75) is 97.6 Å². The molecule has 0 spiro atoms. The molecule has 54 heavy (non-hydrogen) atoms. The molecule has 1 heterocycles. The van der Waals surface area contributed by atoms with Crippen LogP contribution < -0.4 is 26.6 Å². The van der Waals surface area contributed by atoms with Gasteiger partial charge < -0.3 is 36.2 Å². The number of benzene rings is 1. The number of Topliss-reactive ketones (excluding diaryl/α,β-unsaturated/α-hetero) is 1. The monoisotopic (exact) mass is 762 g/mol. The Kier molecular flexibility index (Phi) is 13.1. The van der Waals surface area contributed by atoms with Crippen molar-refractivity contribution in [3.05, 3.63) is 48.0 Å². The van der Waals surface area contributed by atoms with Gasteiger partial charge in [-0.15, -0.1) is 6.58 Å². The summed E-state index contributed by atoms with van der Waals surface area (Å²) >= 11 is 0. The summed E-state index contributed by atoms with van der Waals surface area (Å²) in [6.07, 6.45) is -5.43. The number of halogens is 3. The fourth-order valence-electron chi connectivity index (χ4n) is 7.65. The molecule has 0 radical (unpaired) electrons. The van der Waals surface area contributed by atoms with Gasteiger partial charge in [-0.05, 0) is 65.9 Å². The average molecular weight is 763 g/mol. The number of fused-ring (bicyclic) bond motifs is 2. The fraction of sp³-hybridized carbons (Fsp3) is 0.632. The third-order valence-electron chi connectivity index (χ3n) is 10.9. The van der Waals surface area contributed by atoms with Gasteiger partial charge in [0.1, 0.15) is 18.7 Å². The van der Waals surface area contributed by atoms with Crippen LogP contribution in [0.2, 0.25) is 0 Å². The van der Waals surface area contributed by atoms with Crippen molar-refractivity contribution < 1.29 is 46.7 Å². The summed E-state index contributed by atoms with van der Waals surface area (Å²) in [5.74, 6) is -4.77. The minimum Gasteiger partial charge on any atom is -0.447 e. The van der Waals surface area contributed by atoms with Crippen LogP contribution >= 0.6 is 0 Å². The third kappa shape index (κ3) is 10.1. The molecular formula is C38H53F3N6O7. The number of amides is 6. The highest BCUT2D eigenvalue weighted by Crippen LogP contribution is 2.65. The zero-order valence-electron chi connectivity index (χ0n) is 31.7. The Labute approximate surface area is 313 Å². The van der Waals surface area contributed by atoms with E-state index in [0.29, 0.717) is 19.4 Å². The second-order valence-electron chi connectivity index (χ2n) is 16.0. The molecule has 1 saturated heterocycles. The SMILES string of the molecule is C=CCNC(=O)C(=O)C(CCC(F)(F)F)NC(=O)[C@@H]1C2C(CN1C(=O)[C@@H](NC(=O)N[C@H](COC(=O)NCC)C(C)(C)C)C1Cc3ccccc3C1)C2(C)C. The molecule has 6 atom stereocenters. The lowest BCUT2D eigenvalue weighted by atomic mass is 9.87. The van der Waals surface area contributed by atoms with E-state index in [1.54, 1.807) is 6.92 Å². The van der Waals surface area contributed by atoms with Gasteiger partial charge in [-0.3, -0.25) is 19.2 Å². The molecule has 13 nitrogen and oxygen atoms in total. The summed E-state index contributed by atoms with van der Waals surface area (Å²) < 4.78 is 45.2. The number of carbonyl (C=O) groups excluding carboxylic acids is 6. The van der Waals surface area contributed by atoms with Crippen molar-refractivity contribution in [1.29, 1.82) is 0 Å². The van der Waals surface area contributed by atoms with Crippen molar-refractivity contribution in [2.75, 3.05) is 26.2 Å². The van der Waals surface area contributed by atoms with E-state index in [0.717, 1.165) is 11.1 Å². The lowest BCUT2D eigenvalue weighted by Crippen LogP contribution is -2.61. The Balaban J connectivity index is 1.61. The van der Waals surface area contributed by atoms with Gasteiger partial charge in [0, 0.05) is 26.1 Å². The molecule has 16 heteroatoms. The first-order valence-electron chi connectivity index (χ1n) is 18.3. The smallest absolute Gasteiger partial charge is 0.407 e. The fourth-order valence-corrected chi connectivity index (χ4v) is 7.65. The lowest BCUT2D eigenvalue weighted by molar-refractivity contribution is -0.147. The Morgan fingerprint density at radius 2 is 1.63 bits per heavy atom. The largest absolute Gasteiger partial charge is 0.447 e. The molecule has 0 aromatic heterocycles. The van der Waals surface area contributed by atoms with E-state index in [1.165, 1.54) is 11.0 Å². The maximum absolute atomic E-state index is 14.7. The second-order valence-corrected chi connectivity index (χ2v) is 16.0. The maximum Gasteiger partial charge on any atom is 0.407 e. The van der Waals surface area contributed by atoms with Crippen LogP contribution in [0.4, 0.5) is 22.8 Å². The first-order valence-corrected chi connectivity index (χ1v) is 18.3. The molecule has 298 valence electrons. The van der Waals surface area contributed by atoms with Crippen LogP contribution in [0.25, 0.3) is 0 Å². The van der Waals surface area contributed by atoms with Crippen molar-refractivity contribution in [1.82, 2.24) is 31.5 Å². The molecule has 6 amide bonds. The summed E-state index contributed by atoms with van der Waals surface area (Å²) in [5, 5.41) is 12.9. The zero-order chi connectivity index (χ0) is 40.2. The van der Waals surface area contributed by atoms with Gasteiger partial charge in [0.15, 0.2) is 0 Å². The van der Waals surface area contributed by atoms with E-state index in [2.05, 4.69) is 33.2 Å². The number of nitrogens with one attached hydrogen (secondary N) is 5. The standard InChI is InChI=1S/C38H53F3N6O7/c1-8-16-43-32(50)30(48)25(14-15-38(39,40)41)44-31(49)29-27-24(37(27,6)7)19-47(29)33(51)28(23-17-21-12-10-11-13-22(21)18-23)46-34(52)45-26(36(3,4)5)20-54-35(53)42-9-2/h8,10-13,23-29H,1,9,14-20H2,2-7H3,(H,42,53)(H,43,50)(H,44,49)(H2,45,46,52)/t24?,25?,26-,27?,28+,29+/m1/s1. The molecule has 1 saturated carbocycles. The predicted octanol–water partition coefficient (Wildman–Crippen LogP) is 3.41. The van der Waals surface area contributed by atoms with Gasteiger partial charge in [0.25, 0.3) is 5.91 Å². The maximum atomic E-state index is 14.7. The van der Waals surface area contributed by atoms with Gasteiger partial charge in [0.2, 0.25) is 17.6 Å². The van der Waals surface area contributed by atoms with E-state index >= 15 is 0 Å². The molecule has 2 aliphatic carbocycles. The number of likely N-dealkylation sites (tertiary alicyclic amines) is 1. The summed E-state index contributed by atoms with van der Waals surface area (Å²) in [6, 6.07) is 2.17. The molecule has 3 aliphatic rings. The van der Waals surface area contributed by atoms with Gasteiger partial charge in [-0.25, -0.2) is 9.59 Å². The molecule has 5 N–H and O–H groups in total. The van der Waals surface area contributed by atoms with Crippen LogP contribution in [-0.4, -0.2) is 97.1 Å². The quantitative estimate of drug-likeness (QED) is 0.135. The number of alkyl carbamates (subject to hydrolysis) is 1. The Morgan fingerprint density at radius 1 is 1.00 bits per heavy atom. The van der Waals surface area contributed by atoms with Crippen LogP contribution in [0, 0.1) is 28.6 Å². The normalized spacial score (nSPS) is 21.7. The molecule has 0 bridgehead atoms. The van der Waals surface area contributed by atoms with Gasteiger partial charge >= 0.3 is 18.3 Å². The summed E-state index contributed by atoms with van der Waals surface area (Å²) in [6.45, 7) is 14.8. The molecule has 4 rings (SSSR count). The van der Waals surface area contributed by atoms with Gasteiger partial charge in [0.05, 0.1) is 12.1 Å². The first kappa shape index (κ1) is 42.1.